The van der Waals surface area contributed by atoms with Crippen molar-refractivity contribution in [3.05, 3.63) is 40.3 Å². The first-order chi connectivity index (χ1) is 9.22. The fourth-order valence-corrected chi connectivity index (χ4v) is 2.64. The molecule has 1 aromatic heterocycles. The average Bonchev–Trinajstić information content (AvgIpc) is 3.12. The lowest BCUT2D eigenvalue weighted by Gasteiger charge is -2.00. The molecule has 0 bridgehead atoms. The number of H-pyrrole nitrogens is 1. The number of hydrogen-bond acceptors (Lipinski definition) is 2. The van der Waals surface area contributed by atoms with Gasteiger partial charge in [-0.2, -0.15) is 0 Å². The Morgan fingerprint density at radius 2 is 2.26 bits per heavy atom. The molecule has 1 aliphatic rings. The number of rotatable bonds is 5. The molecule has 1 saturated carbocycles. The molecule has 4 heteroatoms. The van der Waals surface area contributed by atoms with E-state index >= 15 is 0 Å². The molecule has 1 heterocycles. The van der Waals surface area contributed by atoms with Crippen molar-refractivity contribution < 1.29 is 0 Å². The van der Waals surface area contributed by atoms with Crippen LogP contribution in [0.1, 0.15) is 24.4 Å². The average molecular weight is 320 g/mol. The number of nitrogens with one attached hydrogen (secondary N) is 2. The first kappa shape index (κ1) is 12.9. The van der Waals surface area contributed by atoms with E-state index in [1.807, 2.05) is 12.1 Å². The van der Waals surface area contributed by atoms with Gasteiger partial charge in [0, 0.05) is 15.7 Å². The van der Waals surface area contributed by atoms with Crippen molar-refractivity contribution in [2.45, 2.75) is 26.3 Å². The molecule has 0 radical (unpaired) electrons. The van der Waals surface area contributed by atoms with Gasteiger partial charge in [0.25, 0.3) is 0 Å². The van der Waals surface area contributed by atoms with Crippen molar-refractivity contribution in [2.75, 3.05) is 6.54 Å². The molecular weight excluding hydrogens is 302 g/mol. The van der Waals surface area contributed by atoms with Crippen LogP contribution in [0.5, 0.6) is 0 Å². The van der Waals surface area contributed by atoms with Crippen LogP contribution < -0.4 is 5.32 Å². The van der Waals surface area contributed by atoms with Gasteiger partial charge in [-0.25, -0.2) is 4.98 Å². The predicted octanol–water partition coefficient (Wildman–Crippen LogP) is 3.65. The van der Waals surface area contributed by atoms with Gasteiger partial charge >= 0.3 is 0 Å². The summed E-state index contributed by atoms with van der Waals surface area (Å²) in [6.07, 6.45) is 2.76. The number of aromatic nitrogens is 2. The lowest BCUT2D eigenvalue weighted by molar-refractivity contribution is 0.623. The number of nitrogens with zero attached hydrogens (tertiary/aromatic N) is 1. The molecule has 0 unspecified atom stereocenters. The van der Waals surface area contributed by atoms with Crippen LogP contribution in [-0.2, 0) is 6.54 Å². The Balaban J connectivity index is 1.72. The maximum Gasteiger partial charge on any atom is 0.121 e. The summed E-state index contributed by atoms with van der Waals surface area (Å²) in [5, 5.41) is 3.46. The van der Waals surface area contributed by atoms with Gasteiger partial charge in [0.05, 0.1) is 12.2 Å². The minimum Gasteiger partial charge on any atom is -0.344 e. The highest BCUT2D eigenvalue weighted by molar-refractivity contribution is 9.10. The highest BCUT2D eigenvalue weighted by atomic mass is 79.9. The number of aromatic amines is 1. The Bertz CT molecular complexity index is 573. The second kappa shape index (κ2) is 5.47. The molecule has 0 spiro atoms. The number of aryl methyl sites for hydroxylation is 1. The molecule has 0 saturated heterocycles. The van der Waals surface area contributed by atoms with Crippen LogP contribution in [0.15, 0.2) is 28.7 Å². The van der Waals surface area contributed by atoms with Crippen LogP contribution in [0.2, 0.25) is 0 Å². The topological polar surface area (TPSA) is 40.7 Å². The van der Waals surface area contributed by atoms with Gasteiger partial charge in [0.15, 0.2) is 0 Å². The van der Waals surface area contributed by atoms with Gasteiger partial charge < -0.3 is 10.3 Å². The molecule has 0 atom stereocenters. The van der Waals surface area contributed by atoms with E-state index < -0.39 is 0 Å². The van der Waals surface area contributed by atoms with Gasteiger partial charge in [0.2, 0.25) is 0 Å². The smallest absolute Gasteiger partial charge is 0.121 e. The van der Waals surface area contributed by atoms with E-state index in [4.69, 9.17) is 4.98 Å². The Morgan fingerprint density at radius 3 is 3.00 bits per heavy atom. The molecule has 1 fully saturated rings. The summed E-state index contributed by atoms with van der Waals surface area (Å²) >= 11 is 3.51. The van der Waals surface area contributed by atoms with Crippen molar-refractivity contribution >= 4 is 15.9 Å². The van der Waals surface area contributed by atoms with Crippen LogP contribution in [-0.4, -0.2) is 16.5 Å². The zero-order valence-corrected chi connectivity index (χ0v) is 12.6. The minimum absolute atomic E-state index is 0.825. The number of halogens is 1. The third-order valence-electron chi connectivity index (χ3n) is 3.45. The molecule has 1 aromatic carbocycles. The quantitative estimate of drug-likeness (QED) is 0.883. The lowest BCUT2D eigenvalue weighted by atomic mass is 10.1. The zero-order valence-electron chi connectivity index (χ0n) is 11.0. The summed E-state index contributed by atoms with van der Waals surface area (Å²) in [4.78, 5) is 8.07. The summed E-state index contributed by atoms with van der Waals surface area (Å²) < 4.78 is 1.08. The lowest BCUT2D eigenvalue weighted by Crippen LogP contribution is -2.16. The largest absolute Gasteiger partial charge is 0.344 e. The van der Waals surface area contributed by atoms with E-state index in [0.29, 0.717) is 0 Å². The normalized spacial score (nSPS) is 14.8. The van der Waals surface area contributed by atoms with Crippen molar-refractivity contribution in [2.24, 2.45) is 5.92 Å². The van der Waals surface area contributed by atoms with Crippen molar-refractivity contribution in [1.82, 2.24) is 15.3 Å². The zero-order chi connectivity index (χ0) is 13.2. The van der Waals surface area contributed by atoms with E-state index in [-0.39, 0.29) is 0 Å². The second-order valence-electron chi connectivity index (χ2n) is 5.24. The molecule has 3 rings (SSSR count). The number of hydrogen-bond donors (Lipinski definition) is 2. The summed E-state index contributed by atoms with van der Waals surface area (Å²) in [7, 11) is 0. The predicted molar refractivity (Wildman–Crippen MR) is 80.9 cm³/mol. The number of imidazole rings is 1. The van der Waals surface area contributed by atoms with Crippen LogP contribution in [0.3, 0.4) is 0 Å². The fraction of sp³-hybridized carbons (Fsp3) is 0.400. The van der Waals surface area contributed by atoms with E-state index in [0.717, 1.165) is 46.3 Å². The summed E-state index contributed by atoms with van der Waals surface area (Å²) in [6.45, 7) is 4.02. The second-order valence-corrected chi connectivity index (χ2v) is 6.16. The maximum atomic E-state index is 4.70. The fourth-order valence-electron chi connectivity index (χ4n) is 2.24. The molecule has 100 valence electrons. The van der Waals surface area contributed by atoms with Crippen LogP contribution in [0.4, 0.5) is 0 Å². The first-order valence-electron chi connectivity index (χ1n) is 6.74. The van der Waals surface area contributed by atoms with Crippen molar-refractivity contribution in [3.63, 3.8) is 0 Å². The highest BCUT2D eigenvalue weighted by Crippen LogP contribution is 2.28. The highest BCUT2D eigenvalue weighted by Gasteiger charge is 2.20. The van der Waals surface area contributed by atoms with Gasteiger partial charge in [-0.1, -0.05) is 28.1 Å². The molecule has 2 aromatic rings. The first-order valence-corrected chi connectivity index (χ1v) is 7.54. The third kappa shape index (κ3) is 3.25. The Morgan fingerprint density at radius 1 is 1.42 bits per heavy atom. The maximum absolute atomic E-state index is 4.70. The molecule has 19 heavy (non-hydrogen) atoms. The molecular formula is C15H18BrN3. The van der Waals surface area contributed by atoms with Crippen LogP contribution >= 0.6 is 15.9 Å². The summed E-state index contributed by atoms with van der Waals surface area (Å²) in [5.41, 5.74) is 3.32. The molecule has 1 aliphatic carbocycles. The van der Waals surface area contributed by atoms with E-state index in [1.54, 1.807) is 0 Å². The Hall–Kier alpha value is -1.13. The van der Waals surface area contributed by atoms with E-state index in [1.165, 1.54) is 12.8 Å². The third-order valence-corrected chi connectivity index (χ3v) is 3.95. The number of benzene rings is 1. The van der Waals surface area contributed by atoms with Gasteiger partial charge in [-0.3, -0.25) is 0 Å². The minimum atomic E-state index is 0.825. The Kier molecular flexibility index (Phi) is 3.71. The molecule has 3 nitrogen and oxygen atoms in total. The molecule has 2 N–H and O–H groups in total. The Labute approximate surface area is 122 Å². The van der Waals surface area contributed by atoms with Gasteiger partial charge in [0.1, 0.15) is 5.82 Å². The van der Waals surface area contributed by atoms with E-state index in [2.05, 4.69) is 45.3 Å². The molecule has 0 amide bonds. The SMILES string of the molecule is Cc1[nH]c(CNCC2CC2)nc1-c1cccc(Br)c1. The summed E-state index contributed by atoms with van der Waals surface area (Å²) in [6, 6.07) is 8.27. The van der Waals surface area contributed by atoms with Crippen LogP contribution in [0.25, 0.3) is 11.3 Å². The monoisotopic (exact) mass is 319 g/mol. The van der Waals surface area contributed by atoms with Gasteiger partial charge in [-0.05, 0) is 44.4 Å². The molecule has 0 aliphatic heterocycles. The van der Waals surface area contributed by atoms with Gasteiger partial charge in [-0.15, -0.1) is 0 Å². The standard InChI is InChI=1S/C15H18BrN3/c1-10-15(12-3-2-4-13(16)7-12)19-14(18-10)9-17-8-11-5-6-11/h2-4,7,11,17H,5-6,8-9H2,1H3,(H,18,19). The summed E-state index contributed by atoms with van der Waals surface area (Å²) in [5.74, 6) is 1.92. The van der Waals surface area contributed by atoms with Crippen LogP contribution in [0, 0.1) is 12.8 Å². The van der Waals surface area contributed by atoms with Crippen molar-refractivity contribution in [1.29, 1.82) is 0 Å². The van der Waals surface area contributed by atoms with Crippen molar-refractivity contribution in [3.8, 4) is 11.3 Å². The van der Waals surface area contributed by atoms with E-state index in [9.17, 15) is 0 Å².